The SMILES string of the molecule is CN=C(NCCCc1nc(C)cs1)NCCN(C)CCCOC. The van der Waals surface area contributed by atoms with Crippen LogP contribution in [0, 0.1) is 6.92 Å². The van der Waals surface area contributed by atoms with E-state index in [1.807, 2.05) is 14.0 Å². The lowest BCUT2D eigenvalue weighted by atomic mass is 10.3. The number of methoxy groups -OCH3 is 1. The lowest BCUT2D eigenvalue weighted by Crippen LogP contribution is -2.41. The normalized spacial score (nSPS) is 12.0. The summed E-state index contributed by atoms with van der Waals surface area (Å²) in [5, 5.41) is 10.0. The Morgan fingerprint density at radius 2 is 2.09 bits per heavy atom. The molecule has 0 saturated heterocycles. The third-order valence-electron chi connectivity index (χ3n) is 3.42. The molecule has 0 unspecified atom stereocenters. The molecule has 132 valence electrons. The van der Waals surface area contributed by atoms with Crippen LogP contribution < -0.4 is 10.6 Å². The smallest absolute Gasteiger partial charge is 0.191 e. The predicted octanol–water partition coefficient (Wildman–Crippen LogP) is 1.52. The zero-order valence-corrected chi connectivity index (χ0v) is 15.7. The molecule has 1 aromatic rings. The second kappa shape index (κ2) is 12.3. The summed E-state index contributed by atoms with van der Waals surface area (Å²) >= 11 is 1.74. The predicted molar refractivity (Wildman–Crippen MR) is 98.5 cm³/mol. The lowest BCUT2D eigenvalue weighted by molar-refractivity contribution is 0.180. The molecule has 0 spiro atoms. The van der Waals surface area contributed by atoms with E-state index in [0.717, 1.165) is 63.7 Å². The maximum atomic E-state index is 5.07. The topological polar surface area (TPSA) is 61.8 Å². The summed E-state index contributed by atoms with van der Waals surface area (Å²) in [6, 6.07) is 0. The highest BCUT2D eigenvalue weighted by Gasteiger charge is 2.02. The van der Waals surface area contributed by atoms with Crippen LogP contribution >= 0.6 is 11.3 Å². The highest BCUT2D eigenvalue weighted by atomic mass is 32.1. The van der Waals surface area contributed by atoms with Gasteiger partial charge in [-0.05, 0) is 26.8 Å². The van der Waals surface area contributed by atoms with Gasteiger partial charge in [-0.3, -0.25) is 4.99 Å². The fourth-order valence-electron chi connectivity index (χ4n) is 2.14. The fourth-order valence-corrected chi connectivity index (χ4v) is 2.96. The first kappa shape index (κ1) is 19.9. The van der Waals surface area contributed by atoms with Crippen LogP contribution in [0.25, 0.3) is 0 Å². The first-order chi connectivity index (χ1) is 11.2. The summed E-state index contributed by atoms with van der Waals surface area (Å²) in [5.41, 5.74) is 1.12. The number of nitrogens with zero attached hydrogens (tertiary/aromatic N) is 3. The van der Waals surface area contributed by atoms with Crippen molar-refractivity contribution in [2.75, 3.05) is 54.0 Å². The highest BCUT2D eigenvalue weighted by molar-refractivity contribution is 7.09. The number of thiazole rings is 1. The number of hydrogen-bond acceptors (Lipinski definition) is 5. The van der Waals surface area contributed by atoms with Gasteiger partial charge in [0.15, 0.2) is 5.96 Å². The number of aryl methyl sites for hydroxylation is 2. The van der Waals surface area contributed by atoms with E-state index in [-0.39, 0.29) is 0 Å². The number of ether oxygens (including phenoxy) is 1. The number of rotatable bonds is 11. The minimum absolute atomic E-state index is 0.819. The van der Waals surface area contributed by atoms with Crippen molar-refractivity contribution in [3.63, 3.8) is 0 Å². The molecule has 0 bridgehead atoms. The molecule has 0 radical (unpaired) electrons. The van der Waals surface area contributed by atoms with E-state index in [2.05, 4.69) is 37.9 Å². The molecule has 0 atom stereocenters. The van der Waals surface area contributed by atoms with Crippen LogP contribution in [0.3, 0.4) is 0 Å². The molecule has 1 rings (SSSR count). The van der Waals surface area contributed by atoms with Crippen molar-refractivity contribution in [1.82, 2.24) is 20.5 Å². The van der Waals surface area contributed by atoms with Crippen LogP contribution in [-0.4, -0.2) is 69.8 Å². The van der Waals surface area contributed by atoms with Gasteiger partial charge in [0.2, 0.25) is 0 Å². The highest BCUT2D eigenvalue weighted by Crippen LogP contribution is 2.10. The molecule has 0 saturated carbocycles. The maximum Gasteiger partial charge on any atom is 0.191 e. The van der Waals surface area contributed by atoms with Gasteiger partial charge < -0.3 is 20.3 Å². The molecule has 0 aliphatic carbocycles. The van der Waals surface area contributed by atoms with Gasteiger partial charge in [-0.2, -0.15) is 0 Å². The zero-order valence-electron chi connectivity index (χ0n) is 14.9. The van der Waals surface area contributed by atoms with E-state index >= 15 is 0 Å². The van der Waals surface area contributed by atoms with Gasteiger partial charge in [-0.1, -0.05) is 0 Å². The average molecular weight is 342 g/mol. The van der Waals surface area contributed by atoms with E-state index < -0.39 is 0 Å². The van der Waals surface area contributed by atoms with Crippen LogP contribution in [0.4, 0.5) is 0 Å². The summed E-state index contributed by atoms with van der Waals surface area (Å²) in [5.74, 6) is 0.866. The molecular formula is C16H31N5OS. The fraction of sp³-hybridized carbons (Fsp3) is 0.750. The molecule has 1 heterocycles. The Morgan fingerprint density at radius 3 is 2.74 bits per heavy atom. The Kier molecular flexibility index (Phi) is 10.6. The first-order valence-corrected chi connectivity index (χ1v) is 9.06. The molecule has 6 nitrogen and oxygen atoms in total. The Balaban J connectivity index is 2.07. The van der Waals surface area contributed by atoms with Gasteiger partial charge in [-0.15, -0.1) is 11.3 Å². The minimum Gasteiger partial charge on any atom is -0.385 e. The van der Waals surface area contributed by atoms with Crippen molar-refractivity contribution < 1.29 is 4.74 Å². The average Bonchev–Trinajstić information content (AvgIpc) is 2.95. The van der Waals surface area contributed by atoms with E-state index in [4.69, 9.17) is 4.74 Å². The van der Waals surface area contributed by atoms with Crippen molar-refractivity contribution >= 4 is 17.3 Å². The molecule has 0 fully saturated rings. The Bertz CT molecular complexity index is 449. The molecule has 0 aromatic carbocycles. The minimum atomic E-state index is 0.819. The van der Waals surface area contributed by atoms with Gasteiger partial charge in [0.1, 0.15) is 0 Å². The van der Waals surface area contributed by atoms with Gasteiger partial charge in [-0.25, -0.2) is 4.98 Å². The van der Waals surface area contributed by atoms with Gasteiger partial charge in [0.05, 0.1) is 5.01 Å². The van der Waals surface area contributed by atoms with Crippen molar-refractivity contribution in [3.05, 3.63) is 16.1 Å². The summed E-state index contributed by atoms with van der Waals surface area (Å²) in [4.78, 5) is 11.0. The van der Waals surface area contributed by atoms with Crippen molar-refractivity contribution in [2.24, 2.45) is 4.99 Å². The van der Waals surface area contributed by atoms with Crippen LogP contribution in [0.15, 0.2) is 10.4 Å². The Labute approximate surface area is 144 Å². The number of hydrogen-bond donors (Lipinski definition) is 2. The molecule has 7 heteroatoms. The first-order valence-electron chi connectivity index (χ1n) is 8.18. The summed E-state index contributed by atoms with van der Waals surface area (Å²) < 4.78 is 5.07. The van der Waals surface area contributed by atoms with Crippen LogP contribution in [-0.2, 0) is 11.2 Å². The largest absolute Gasteiger partial charge is 0.385 e. The van der Waals surface area contributed by atoms with E-state index in [1.54, 1.807) is 18.4 Å². The maximum absolute atomic E-state index is 5.07. The third-order valence-corrected chi connectivity index (χ3v) is 4.45. The second-order valence-electron chi connectivity index (χ2n) is 5.56. The van der Waals surface area contributed by atoms with Crippen molar-refractivity contribution in [3.8, 4) is 0 Å². The van der Waals surface area contributed by atoms with E-state index in [0.29, 0.717) is 0 Å². The van der Waals surface area contributed by atoms with Crippen LogP contribution in [0.2, 0.25) is 0 Å². The monoisotopic (exact) mass is 341 g/mol. The van der Waals surface area contributed by atoms with E-state index in [9.17, 15) is 0 Å². The van der Waals surface area contributed by atoms with Gasteiger partial charge >= 0.3 is 0 Å². The summed E-state index contributed by atoms with van der Waals surface area (Å²) in [6.07, 6.45) is 3.14. The molecule has 2 N–H and O–H groups in total. The van der Waals surface area contributed by atoms with Crippen LogP contribution in [0.5, 0.6) is 0 Å². The number of likely N-dealkylation sites (N-methyl/N-ethyl adjacent to an activating group) is 1. The molecule has 23 heavy (non-hydrogen) atoms. The number of aliphatic imine (C=N–C) groups is 1. The van der Waals surface area contributed by atoms with Crippen molar-refractivity contribution in [2.45, 2.75) is 26.2 Å². The van der Waals surface area contributed by atoms with Crippen molar-refractivity contribution in [1.29, 1.82) is 0 Å². The van der Waals surface area contributed by atoms with Gasteiger partial charge in [0, 0.05) is 64.4 Å². The van der Waals surface area contributed by atoms with Gasteiger partial charge in [0.25, 0.3) is 0 Å². The summed E-state index contributed by atoms with van der Waals surface area (Å²) in [6.45, 7) is 6.68. The molecule has 0 aliphatic rings. The van der Waals surface area contributed by atoms with E-state index in [1.165, 1.54) is 5.01 Å². The molecule has 0 aliphatic heterocycles. The number of guanidine groups is 1. The van der Waals surface area contributed by atoms with Crippen LogP contribution in [0.1, 0.15) is 23.5 Å². The molecule has 1 aromatic heterocycles. The standard InChI is InChI=1S/C16H31N5OS/c1-14-13-23-15(20-14)7-5-8-18-16(17-2)19-9-11-21(3)10-6-12-22-4/h13H,5-12H2,1-4H3,(H2,17,18,19). The molecule has 0 amide bonds. The lowest BCUT2D eigenvalue weighted by Gasteiger charge is -2.18. The Hall–Kier alpha value is -1.18. The second-order valence-corrected chi connectivity index (χ2v) is 6.50. The Morgan fingerprint density at radius 1 is 1.30 bits per heavy atom. The quantitative estimate of drug-likeness (QED) is 0.363. The third kappa shape index (κ3) is 9.53. The summed E-state index contributed by atoms with van der Waals surface area (Å²) in [7, 11) is 5.68. The number of nitrogens with one attached hydrogen (secondary N) is 2. The molecular weight excluding hydrogens is 310 g/mol. The zero-order chi connectivity index (χ0) is 16.9. The number of aromatic nitrogens is 1.